The van der Waals surface area contributed by atoms with E-state index in [0.717, 1.165) is 12.1 Å². The third-order valence-corrected chi connectivity index (χ3v) is 2.18. The van der Waals surface area contributed by atoms with Crippen molar-refractivity contribution in [2.45, 2.75) is 12.6 Å². The Bertz CT molecular complexity index is 458. The maximum absolute atomic E-state index is 12.7. The number of halogens is 3. The average molecular weight is 260 g/mol. The second-order valence-corrected chi connectivity index (χ2v) is 3.49. The van der Waals surface area contributed by atoms with Gasteiger partial charge in [-0.2, -0.15) is 13.2 Å². The fraction of sp³-hybridized carbons (Fsp3) is 0.273. The summed E-state index contributed by atoms with van der Waals surface area (Å²) in [5, 5.41) is 13.0. The number of alkyl halides is 3. The Balaban J connectivity index is 3.09. The number of nitrogens with zero attached hydrogens (tertiary/aromatic N) is 1. The fourth-order valence-corrected chi connectivity index (χ4v) is 1.34. The average Bonchev–Trinajstić information content (AvgIpc) is 2.28. The first-order chi connectivity index (χ1) is 8.36. The molecule has 0 heterocycles. The fourth-order valence-electron chi connectivity index (χ4n) is 1.34. The molecule has 1 N–H and O–H groups in total. The molecule has 0 aliphatic heterocycles. The lowest BCUT2D eigenvalue weighted by molar-refractivity contribution is -0.385. The van der Waals surface area contributed by atoms with Crippen molar-refractivity contribution in [3.8, 4) is 0 Å². The van der Waals surface area contributed by atoms with Crippen molar-refractivity contribution in [1.82, 2.24) is 0 Å². The molecule has 7 heteroatoms. The highest BCUT2D eigenvalue weighted by Gasteiger charge is 2.35. The van der Waals surface area contributed by atoms with Crippen LogP contribution in [0.15, 0.2) is 30.9 Å². The Morgan fingerprint density at radius 1 is 1.44 bits per heavy atom. The standard InChI is InChI=1S/C11H11F3N2O2/c1-2-3-6-15-10-5-4-8(16(17)18)7-9(10)11(12,13)14/h2,4-5,7,15H,1,3,6H2. The number of anilines is 1. The van der Waals surface area contributed by atoms with Gasteiger partial charge in [-0.05, 0) is 12.5 Å². The molecule has 98 valence electrons. The normalized spacial score (nSPS) is 11.1. The maximum Gasteiger partial charge on any atom is 0.418 e. The van der Waals surface area contributed by atoms with Crippen LogP contribution in [0.5, 0.6) is 0 Å². The Labute approximate surface area is 101 Å². The molecule has 0 aliphatic rings. The van der Waals surface area contributed by atoms with Crippen molar-refractivity contribution in [2.75, 3.05) is 11.9 Å². The van der Waals surface area contributed by atoms with Crippen LogP contribution in [-0.4, -0.2) is 11.5 Å². The molecule has 0 saturated carbocycles. The first-order valence-electron chi connectivity index (χ1n) is 5.06. The summed E-state index contributed by atoms with van der Waals surface area (Å²) in [6.07, 6.45) is -2.58. The molecular formula is C11H11F3N2O2. The van der Waals surface area contributed by atoms with E-state index in [1.807, 2.05) is 0 Å². The van der Waals surface area contributed by atoms with Crippen molar-refractivity contribution in [2.24, 2.45) is 0 Å². The van der Waals surface area contributed by atoms with Gasteiger partial charge in [-0.3, -0.25) is 10.1 Å². The number of nitro benzene ring substituents is 1. The second kappa shape index (κ2) is 5.52. The van der Waals surface area contributed by atoms with Gasteiger partial charge >= 0.3 is 6.18 Å². The first kappa shape index (κ1) is 14.0. The lowest BCUT2D eigenvalue weighted by Crippen LogP contribution is -2.12. The van der Waals surface area contributed by atoms with E-state index in [1.165, 1.54) is 0 Å². The Hall–Kier alpha value is -2.05. The smallest absolute Gasteiger partial charge is 0.384 e. The van der Waals surface area contributed by atoms with Crippen LogP contribution in [0.3, 0.4) is 0 Å². The predicted octanol–water partition coefficient (Wildman–Crippen LogP) is 3.60. The summed E-state index contributed by atoms with van der Waals surface area (Å²) in [5.41, 5.74) is -1.80. The van der Waals surface area contributed by atoms with E-state index in [-0.39, 0.29) is 12.2 Å². The zero-order valence-corrected chi connectivity index (χ0v) is 9.33. The van der Waals surface area contributed by atoms with E-state index in [1.54, 1.807) is 6.08 Å². The Morgan fingerprint density at radius 3 is 2.61 bits per heavy atom. The number of rotatable bonds is 5. The number of non-ortho nitro benzene ring substituents is 1. The minimum absolute atomic E-state index is 0.171. The Morgan fingerprint density at radius 2 is 2.11 bits per heavy atom. The minimum Gasteiger partial charge on any atom is -0.384 e. The molecule has 0 saturated heterocycles. The van der Waals surface area contributed by atoms with Gasteiger partial charge in [0.2, 0.25) is 0 Å². The summed E-state index contributed by atoms with van der Waals surface area (Å²) in [5.74, 6) is 0. The van der Waals surface area contributed by atoms with Crippen LogP contribution in [0.4, 0.5) is 24.5 Å². The van der Waals surface area contributed by atoms with Gasteiger partial charge < -0.3 is 5.32 Å². The summed E-state index contributed by atoms with van der Waals surface area (Å²) in [6.45, 7) is 3.73. The SMILES string of the molecule is C=CCCNc1ccc([N+](=O)[O-])cc1C(F)(F)F. The molecular weight excluding hydrogens is 249 g/mol. The molecule has 1 rings (SSSR count). The zero-order chi connectivity index (χ0) is 13.8. The molecule has 0 aromatic heterocycles. The highest BCUT2D eigenvalue weighted by molar-refractivity contribution is 5.57. The quantitative estimate of drug-likeness (QED) is 0.381. The van der Waals surface area contributed by atoms with E-state index in [9.17, 15) is 23.3 Å². The van der Waals surface area contributed by atoms with Crippen molar-refractivity contribution >= 4 is 11.4 Å². The minimum atomic E-state index is -4.64. The molecule has 0 unspecified atom stereocenters. The summed E-state index contributed by atoms with van der Waals surface area (Å²) in [7, 11) is 0. The molecule has 0 radical (unpaired) electrons. The van der Waals surface area contributed by atoms with Crippen LogP contribution in [0.1, 0.15) is 12.0 Å². The molecule has 0 bridgehead atoms. The molecule has 0 amide bonds. The first-order valence-corrected chi connectivity index (χ1v) is 5.06. The van der Waals surface area contributed by atoms with Gasteiger partial charge in [0.1, 0.15) is 0 Å². The van der Waals surface area contributed by atoms with Crippen molar-refractivity contribution in [1.29, 1.82) is 0 Å². The number of benzene rings is 1. The molecule has 0 spiro atoms. The van der Waals surface area contributed by atoms with Crippen molar-refractivity contribution in [3.05, 3.63) is 46.5 Å². The van der Waals surface area contributed by atoms with Gasteiger partial charge in [0, 0.05) is 24.4 Å². The van der Waals surface area contributed by atoms with Gasteiger partial charge in [-0.1, -0.05) is 6.08 Å². The molecule has 0 atom stereocenters. The predicted molar refractivity (Wildman–Crippen MR) is 61.4 cm³/mol. The molecule has 0 fully saturated rings. The second-order valence-electron chi connectivity index (χ2n) is 3.49. The summed E-state index contributed by atoms with van der Waals surface area (Å²) < 4.78 is 38.2. The summed E-state index contributed by atoms with van der Waals surface area (Å²) >= 11 is 0. The van der Waals surface area contributed by atoms with Gasteiger partial charge in [0.15, 0.2) is 0 Å². The van der Waals surface area contributed by atoms with Crippen LogP contribution in [-0.2, 0) is 6.18 Å². The van der Waals surface area contributed by atoms with Crippen LogP contribution in [0.25, 0.3) is 0 Å². The lowest BCUT2D eigenvalue weighted by atomic mass is 10.1. The van der Waals surface area contributed by atoms with Crippen molar-refractivity contribution in [3.63, 3.8) is 0 Å². The van der Waals surface area contributed by atoms with E-state index in [4.69, 9.17) is 0 Å². The van der Waals surface area contributed by atoms with E-state index in [2.05, 4.69) is 11.9 Å². The molecule has 18 heavy (non-hydrogen) atoms. The highest BCUT2D eigenvalue weighted by Crippen LogP contribution is 2.36. The zero-order valence-electron chi connectivity index (χ0n) is 9.33. The van der Waals surface area contributed by atoms with Gasteiger partial charge in [-0.15, -0.1) is 6.58 Å². The molecule has 4 nitrogen and oxygen atoms in total. The monoisotopic (exact) mass is 260 g/mol. The van der Waals surface area contributed by atoms with Crippen LogP contribution >= 0.6 is 0 Å². The van der Waals surface area contributed by atoms with Gasteiger partial charge in [0.05, 0.1) is 10.5 Å². The number of nitro groups is 1. The Kier molecular flexibility index (Phi) is 4.30. The molecule has 0 aliphatic carbocycles. The third-order valence-electron chi connectivity index (χ3n) is 2.18. The maximum atomic E-state index is 12.7. The van der Waals surface area contributed by atoms with Crippen molar-refractivity contribution < 1.29 is 18.1 Å². The number of hydrogen-bond donors (Lipinski definition) is 1. The van der Waals surface area contributed by atoms with E-state index < -0.39 is 22.4 Å². The van der Waals surface area contributed by atoms with Crippen LogP contribution in [0.2, 0.25) is 0 Å². The summed E-state index contributed by atoms with van der Waals surface area (Å²) in [4.78, 5) is 9.60. The summed E-state index contributed by atoms with van der Waals surface area (Å²) in [6, 6.07) is 2.62. The third kappa shape index (κ3) is 3.47. The largest absolute Gasteiger partial charge is 0.418 e. The van der Waals surface area contributed by atoms with Crippen LogP contribution < -0.4 is 5.32 Å². The highest BCUT2D eigenvalue weighted by atomic mass is 19.4. The number of hydrogen-bond acceptors (Lipinski definition) is 3. The van der Waals surface area contributed by atoms with Gasteiger partial charge in [0.25, 0.3) is 5.69 Å². The van der Waals surface area contributed by atoms with E-state index in [0.29, 0.717) is 12.5 Å². The number of nitrogens with one attached hydrogen (secondary N) is 1. The van der Waals surface area contributed by atoms with E-state index >= 15 is 0 Å². The molecule has 1 aromatic rings. The van der Waals surface area contributed by atoms with Gasteiger partial charge in [-0.25, -0.2) is 0 Å². The molecule has 1 aromatic carbocycles. The lowest BCUT2D eigenvalue weighted by Gasteiger charge is -2.13. The van der Waals surface area contributed by atoms with Crippen LogP contribution in [0, 0.1) is 10.1 Å². The topological polar surface area (TPSA) is 55.2 Å².